The number of hydrogen-bond donors (Lipinski definition) is 1. The number of piperazine rings is 1. The van der Waals surface area contributed by atoms with Crippen molar-refractivity contribution in [3.63, 3.8) is 0 Å². The van der Waals surface area contributed by atoms with E-state index in [1.165, 1.54) is 0 Å². The number of carbonyl (C=O) groups excluding carboxylic acids is 1. The van der Waals surface area contributed by atoms with E-state index in [0.29, 0.717) is 31.3 Å². The van der Waals surface area contributed by atoms with E-state index in [9.17, 15) is 4.79 Å². The first-order valence-corrected chi connectivity index (χ1v) is 11.6. The monoisotopic (exact) mass is 458 g/mol. The number of amides is 2. The van der Waals surface area contributed by atoms with Gasteiger partial charge >= 0.3 is 6.03 Å². The van der Waals surface area contributed by atoms with Gasteiger partial charge in [0.2, 0.25) is 0 Å². The molecule has 2 aromatic rings. The van der Waals surface area contributed by atoms with Crippen molar-refractivity contribution < 1.29 is 9.53 Å². The number of morpholine rings is 1. The smallest absolute Gasteiger partial charge is 0.322 e. The molecule has 2 aliphatic heterocycles. The van der Waals surface area contributed by atoms with Crippen LogP contribution in [0.1, 0.15) is 31.3 Å². The van der Waals surface area contributed by atoms with Crippen LogP contribution >= 0.6 is 11.6 Å². The fourth-order valence-corrected chi connectivity index (χ4v) is 4.19. The number of aryl methyl sites for hydroxylation is 1. The SMILES string of the molecule is Cc1cc(N2CCN(C(=O)Nc3cc(Cl)ccc3N3CCOCC3)CC2)nc(C(C)C)n1. The number of anilines is 3. The molecule has 0 radical (unpaired) electrons. The van der Waals surface area contributed by atoms with E-state index < -0.39 is 0 Å². The first kappa shape index (κ1) is 22.6. The van der Waals surface area contributed by atoms with Crippen LogP contribution in [0.15, 0.2) is 24.3 Å². The number of ether oxygens (including phenoxy) is 1. The summed E-state index contributed by atoms with van der Waals surface area (Å²) in [7, 11) is 0. The van der Waals surface area contributed by atoms with Crippen molar-refractivity contribution in [1.29, 1.82) is 0 Å². The topological polar surface area (TPSA) is 73.8 Å². The zero-order valence-electron chi connectivity index (χ0n) is 19.0. The number of carbonyl (C=O) groups is 1. The average molecular weight is 459 g/mol. The molecule has 2 fully saturated rings. The molecule has 8 nitrogen and oxygen atoms in total. The molecule has 2 saturated heterocycles. The second-order valence-electron chi connectivity index (χ2n) is 8.55. The summed E-state index contributed by atoms with van der Waals surface area (Å²) in [6.07, 6.45) is 0. The molecular weight excluding hydrogens is 428 g/mol. The first-order chi connectivity index (χ1) is 15.4. The van der Waals surface area contributed by atoms with E-state index in [4.69, 9.17) is 21.3 Å². The van der Waals surface area contributed by atoms with Crippen LogP contribution in [0.25, 0.3) is 0 Å². The van der Waals surface area contributed by atoms with Gasteiger partial charge in [-0.2, -0.15) is 0 Å². The third-order valence-electron chi connectivity index (χ3n) is 5.82. The molecule has 1 N–H and O–H groups in total. The molecule has 0 atom stereocenters. The maximum atomic E-state index is 13.0. The standard InChI is InChI=1S/C23H31ClN6O2/c1-16(2)22-25-17(3)14-21(27-22)29-6-8-30(9-7-29)23(31)26-19-15-18(24)4-5-20(19)28-10-12-32-13-11-28/h4-5,14-16H,6-13H2,1-3H3,(H,26,31). The minimum atomic E-state index is -0.108. The number of hydrogen-bond acceptors (Lipinski definition) is 6. The van der Waals surface area contributed by atoms with Gasteiger partial charge in [0.1, 0.15) is 11.6 Å². The first-order valence-electron chi connectivity index (χ1n) is 11.2. The maximum Gasteiger partial charge on any atom is 0.322 e. The summed E-state index contributed by atoms with van der Waals surface area (Å²) in [6, 6.07) is 7.55. The predicted octanol–water partition coefficient (Wildman–Crippen LogP) is 3.75. The highest BCUT2D eigenvalue weighted by Crippen LogP contribution is 2.30. The van der Waals surface area contributed by atoms with E-state index in [1.807, 2.05) is 36.1 Å². The lowest BCUT2D eigenvalue weighted by Gasteiger charge is -2.36. The molecule has 1 aromatic heterocycles. The molecule has 32 heavy (non-hydrogen) atoms. The number of nitrogens with zero attached hydrogens (tertiary/aromatic N) is 5. The van der Waals surface area contributed by atoms with Gasteiger partial charge in [0.05, 0.1) is 24.6 Å². The molecule has 0 aliphatic carbocycles. The van der Waals surface area contributed by atoms with Gasteiger partial charge < -0.3 is 24.8 Å². The average Bonchev–Trinajstić information content (AvgIpc) is 2.79. The number of benzene rings is 1. The summed E-state index contributed by atoms with van der Waals surface area (Å²) >= 11 is 6.23. The van der Waals surface area contributed by atoms with Crippen molar-refractivity contribution in [2.24, 2.45) is 0 Å². The maximum absolute atomic E-state index is 13.0. The van der Waals surface area contributed by atoms with Crippen LogP contribution in [-0.2, 0) is 4.74 Å². The van der Waals surface area contributed by atoms with Crippen molar-refractivity contribution >= 4 is 34.8 Å². The van der Waals surface area contributed by atoms with Crippen LogP contribution in [0.2, 0.25) is 5.02 Å². The Morgan fingerprint density at radius 2 is 1.75 bits per heavy atom. The van der Waals surface area contributed by atoms with Crippen molar-refractivity contribution in [2.45, 2.75) is 26.7 Å². The molecule has 4 rings (SSSR count). The van der Waals surface area contributed by atoms with E-state index in [2.05, 4.69) is 33.9 Å². The van der Waals surface area contributed by atoms with Crippen LogP contribution in [0.3, 0.4) is 0 Å². The summed E-state index contributed by atoms with van der Waals surface area (Å²) in [6.45, 7) is 11.8. The Morgan fingerprint density at radius 3 is 2.44 bits per heavy atom. The molecule has 3 heterocycles. The summed E-state index contributed by atoms with van der Waals surface area (Å²) in [5.41, 5.74) is 2.68. The Bertz CT molecular complexity index is 955. The Labute approximate surface area is 194 Å². The van der Waals surface area contributed by atoms with E-state index in [0.717, 1.165) is 54.9 Å². The highest BCUT2D eigenvalue weighted by molar-refractivity contribution is 6.31. The van der Waals surface area contributed by atoms with Crippen molar-refractivity contribution in [3.05, 3.63) is 40.8 Å². The third kappa shape index (κ3) is 5.24. The Hall–Kier alpha value is -2.58. The van der Waals surface area contributed by atoms with Crippen LogP contribution < -0.4 is 15.1 Å². The van der Waals surface area contributed by atoms with Gasteiger partial charge in [-0.25, -0.2) is 14.8 Å². The Balaban J connectivity index is 1.41. The van der Waals surface area contributed by atoms with Gasteiger partial charge in [-0.05, 0) is 25.1 Å². The minimum Gasteiger partial charge on any atom is -0.378 e. The summed E-state index contributed by atoms with van der Waals surface area (Å²) in [5.74, 6) is 2.07. The van der Waals surface area contributed by atoms with E-state index >= 15 is 0 Å². The largest absolute Gasteiger partial charge is 0.378 e. The number of urea groups is 1. The summed E-state index contributed by atoms with van der Waals surface area (Å²) < 4.78 is 5.46. The van der Waals surface area contributed by atoms with Crippen LogP contribution in [0, 0.1) is 6.92 Å². The van der Waals surface area contributed by atoms with Gasteiger partial charge in [0.25, 0.3) is 0 Å². The quantitative estimate of drug-likeness (QED) is 0.752. The highest BCUT2D eigenvalue weighted by Gasteiger charge is 2.24. The fraction of sp³-hybridized carbons (Fsp3) is 0.522. The Kier molecular flexibility index (Phi) is 7.01. The van der Waals surface area contributed by atoms with Crippen LogP contribution in [0.5, 0.6) is 0 Å². The molecule has 9 heteroatoms. The van der Waals surface area contributed by atoms with E-state index in [1.54, 1.807) is 0 Å². The van der Waals surface area contributed by atoms with Gasteiger partial charge in [-0.1, -0.05) is 25.4 Å². The summed E-state index contributed by atoms with van der Waals surface area (Å²) in [4.78, 5) is 28.6. The molecule has 1 aromatic carbocycles. The lowest BCUT2D eigenvalue weighted by Crippen LogP contribution is -2.50. The van der Waals surface area contributed by atoms with Crippen molar-refractivity contribution in [1.82, 2.24) is 14.9 Å². The lowest BCUT2D eigenvalue weighted by atomic mass is 10.2. The molecule has 0 saturated carbocycles. The predicted molar refractivity (Wildman–Crippen MR) is 128 cm³/mol. The van der Waals surface area contributed by atoms with Gasteiger partial charge in [-0.3, -0.25) is 0 Å². The molecule has 2 amide bonds. The number of nitrogens with one attached hydrogen (secondary N) is 1. The van der Waals surface area contributed by atoms with Crippen LogP contribution in [0.4, 0.5) is 22.0 Å². The molecule has 0 spiro atoms. The molecule has 2 aliphatic rings. The normalized spacial score (nSPS) is 17.1. The van der Waals surface area contributed by atoms with Crippen molar-refractivity contribution in [2.75, 3.05) is 67.6 Å². The van der Waals surface area contributed by atoms with Gasteiger partial charge in [-0.15, -0.1) is 0 Å². The molecular formula is C23H31ClN6O2. The summed E-state index contributed by atoms with van der Waals surface area (Å²) in [5, 5.41) is 3.68. The fourth-order valence-electron chi connectivity index (χ4n) is 4.02. The zero-order chi connectivity index (χ0) is 22.7. The molecule has 0 bridgehead atoms. The third-order valence-corrected chi connectivity index (χ3v) is 6.05. The molecule has 172 valence electrons. The number of aromatic nitrogens is 2. The van der Waals surface area contributed by atoms with Gasteiger partial charge in [0.15, 0.2) is 0 Å². The Morgan fingerprint density at radius 1 is 1.03 bits per heavy atom. The lowest BCUT2D eigenvalue weighted by molar-refractivity contribution is 0.123. The highest BCUT2D eigenvalue weighted by atomic mass is 35.5. The van der Waals surface area contributed by atoms with Gasteiger partial charge in [0, 0.05) is 62.0 Å². The second-order valence-corrected chi connectivity index (χ2v) is 8.98. The van der Waals surface area contributed by atoms with Crippen molar-refractivity contribution in [3.8, 4) is 0 Å². The number of halogens is 1. The van der Waals surface area contributed by atoms with Crippen LogP contribution in [-0.4, -0.2) is 73.4 Å². The van der Waals surface area contributed by atoms with E-state index in [-0.39, 0.29) is 11.9 Å². The zero-order valence-corrected chi connectivity index (χ0v) is 19.7. The second kappa shape index (κ2) is 9.92. The minimum absolute atomic E-state index is 0.108. The number of rotatable bonds is 4. The molecule has 0 unspecified atom stereocenters.